The van der Waals surface area contributed by atoms with Crippen molar-refractivity contribution in [2.75, 3.05) is 9.80 Å². The first-order valence-electron chi connectivity index (χ1n) is 21.1. The fraction of sp³-hybridized carbons (Fsp3) is 0.0169. The summed E-state index contributed by atoms with van der Waals surface area (Å²) in [4.78, 5) is 4.87. The van der Waals surface area contributed by atoms with E-state index in [1.165, 1.54) is 72.1 Å². The minimum Gasteiger partial charge on any atom is -0.310 e. The molecular formula is C59H40N2. The Balaban J connectivity index is 1.14. The second kappa shape index (κ2) is 14.1. The summed E-state index contributed by atoms with van der Waals surface area (Å²) in [7, 11) is 0. The summed E-state index contributed by atoms with van der Waals surface area (Å²) in [6.07, 6.45) is 0. The number of hydrogen-bond acceptors (Lipinski definition) is 2. The monoisotopic (exact) mass is 776 g/mol. The quantitative estimate of drug-likeness (QED) is 0.159. The van der Waals surface area contributed by atoms with Crippen LogP contribution in [0.1, 0.15) is 22.3 Å². The van der Waals surface area contributed by atoms with Crippen LogP contribution in [-0.2, 0) is 5.41 Å². The van der Waals surface area contributed by atoms with Crippen molar-refractivity contribution in [2.24, 2.45) is 0 Å². The first kappa shape index (κ1) is 35.0. The van der Waals surface area contributed by atoms with Gasteiger partial charge in [-0.1, -0.05) is 182 Å². The van der Waals surface area contributed by atoms with Crippen LogP contribution < -0.4 is 9.80 Å². The van der Waals surface area contributed by atoms with Gasteiger partial charge in [-0.3, -0.25) is 0 Å². The first-order chi connectivity index (χ1) is 30.3. The number of benzene rings is 10. The van der Waals surface area contributed by atoms with Crippen LogP contribution in [0.15, 0.2) is 243 Å². The van der Waals surface area contributed by atoms with Crippen LogP contribution in [0.5, 0.6) is 0 Å². The molecule has 12 rings (SSSR count). The molecule has 0 heterocycles. The first-order valence-corrected chi connectivity index (χ1v) is 21.1. The molecule has 1 spiro atoms. The number of fused-ring (bicyclic) bond motifs is 12. The van der Waals surface area contributed by atoms with Crippen molar-refractivity contribution in [1.29, 1.82) is 0 Å². The highest BCUT2D eigenvalue weighted by atomic mass is 15.2. The Hall–Kier alpha value is -7.94. The van der Waals surface area contributed by atoms with Gasteiger partial charge in [-0.2, -0.15) is 0 Å². The smallest absolute Gasteiger partial charge is 0.0732 e. The Morgan fingerprint density at radius 3 is 1.34 bits per heavy atom. The fourth-order valence-corrected chi connectivity index (χ4v) is 10.4. The number of hydrogen-bond donors (Lipinski definition) is 0. The van der Waals surface area contributed by atoms with Gasteiger partial charge in [-0.25, -0.2) is 0 Å². The van der Waals surface area contributed by atoms with E-state index in [4.69, 9.17) is 0 Å². The highest BCUT2D eigenvalue weighted by Crippen LogP contribution is 2.66. The molecule has 0 saturated carbocycles. The molecule has 286 valence electrons. The lowest BCUT2D eigenvalue weighted by Crippen LogP contribution is -2.26. The highest BCUT2D eigenvalue weighted by molar-refractivity contribution is 6.11. The summed E-state index contributed by atoms with van der Waals surface area (Å²) >= 11 is 0. The zero-order valence-corrected chi connectivity index (χ0v) is 33.5. The van der Waals surface area contributed by atoms with Crippen molar-refractivity contribution in [3.63, 3.8) is 0 Å². The molecule has 2 aliphatic rings. The molecule has 0 amide bonds. The molecule has 0 radical (unpaired) electrons. The van der Waals surface area contributed by atoms with Crippen LogP contribution in [-0.4, -0.2) is 0 Å². The van der Waals surface area contributed by atoms with Crippen molar-refractivity contribution in [1.82, 2.24) is 0 Å². The second-order valence-electron chi connectivity index (χ2n) is 16.0. The third-order valence-electron chi connectivity index (χ3n) is 12.8. The van der Waals surface area contributed by atoms with Gasteiger partial charge >= 0.3 is 0 Å². The summed E-state index contributed by atoms with van der Waals surface area (Å²) in [5.41, 5.74) is 19.0. The predicted molar refractivity (Wildman–Crippen MR) is 255 cm³/mol. The molecule has 0 aliphatic heterocycles. The summed E-state index contributed by atoms with van der Waals surface area (Å²) in [6, 6.07) is 88.9. The maximum Gasteiger partial charge on any atom is 0.0732 e. The molecule has 10 aromatic rings. The molecule has 1 atom stereocenters. The van der Waals surface area contributed by atoms with Gasteiger partial charge in [-0.15, -0.1) is 0 Å². The van der Waals surface area contributed by atoms with E-state index >= 15 is 0 Å². The number of nitrogens with zero attached hydrogens (tertiary/aromatic N) is 2. The van der Waals surface area contributed by atoms with Crippen LogP contribution in [0.4, 0.5) is 34.1 Å². The summed E-state index contributed by atoms with van der Waals surface area (Å²) in [6.45, 7) is 0. The molecule has 0 aromatic heterocycles. The zero-order chi connectivity index (χ0) is 40.3. The van der Waals surface area contributed by atoms with Crippen LogP contribution in [0.3, 0.4) is 0 Å². The van der Waals surface area contributed by atoms with E-state index in [0.29, 0.717) is 0 Å². The van der Waals surface area contributed by atoms with E-state index in [1.54, 1.807) is 0 Å². The molecular weight excluding hydrogens is 737 g/mol. The maximum atomic E-state index is 2.48. The Labute approximate surface area is 356 Å². The van der Waals surface area contributed by atoms with Gasteiger partial charge in [0.25, 0.3) is 0 Å². The third-order valence-corrected chi connectivity index (χ3v) is 12.8. The van der Waals surface area contributed by atoms with Gasteiger partial charge in [0, 0.05) is 33.7 Å². The zero-order valence-electron chi connectivity index (χ0n) is 33.5. The van der Waals surface area contributed by atoms with E-state index in [1.807, 2.05) is 0 Å². The third kappa shape index (κ3) is 5.29. The van der Waals surface area contributed by atoms with Crippen molar-refractivity contribution in [3.8, 4) is 33.4 Å². The predicted octanol–water partition coefficient (Wildman–Crippen LogP) is 15.8. The number of anilines is 6. The van der Waals surface area contributed by atoms with Gasteiger partial charge in [0.15, 0.2) is 0 Å². The molecule has 2 heteroatoms. The molecule has 61 heavy (non-hydrogen) atoms. The normalized spacial score (nSPS) is 14.3. The van der Waals surface area contributed by atoms with Crippen LogP contribution >= 0.6 is 0 Å². The lowest BCUT2D eigenvalue weighted by molar-refractivity contribution is 0.801. The summed E-state index contributed by atoms with van der Waals surface area (Å²) in [5.74, 6) is 0. The lowest BCUT2D eigenvalue weighted by atomic mass is 9.69. The molecule has 2 aliphatic carbocycles. The van der Waals surface area contributed by atoms with Crippen LogP contribution in [0.2, 0.25) is 0 Å². The lowest BCUT2D eigenvalue weighted by Gasteiger charge is -2.33. The average Bonchev–Trinajstić information content (AvgIpc) is 3.81. The van der Waals surface area contributed by atoms with Crippen LogP contribution in [0.25, 0.3) is 44.2 Å². The van der Waals surface area contributed by atoms with Crippen molar-refractivity contribution in [3.05, 3.63) is 265 Å². The standard InChI is InChI=1S/C59H40N2/c1-5-20-41(21-6-1)42-36-38-46(39-37-42)61(45-26-11-4-12-27-45)56-40-51-47-28-15-17-32-52(47)59(58(51)49-30-14-13-29-48(49)56)53-33-18-16-31-50(53)57-54(59)34-19-35-55(57)60(43-22-7-2-8-23-43)44-24-9-3-10-25-44/h1-40H. The van der Waals surface area contributed by atoms with Crippen molar-refractivity contribution in [2.45, 2.75) is 5.41 Å². The minimum absolute atomic E-state index is 0.556. The molecule has 2 nitrogen and oxygen atoms in total. The molecule has 0 fully saturated rings. The van der Waals surface area contributed by atoms with E-state index < -0.39 is 5.41 Å². The number of rotatable bonds is 7. The van der Waals surface area contributed by atoms with E-state index in [9.17, 15) is 0 Å². The topological polar surface area (TPSA) is 6.48 Å². The average molecular weight is 777 g/mol. The van der Waals surface area contributed by atoms with Gasteiger partial charge in [-0.05, 0) is 116 Å². The Bertz CT molecular complexity index is 3190. The van der Waals surface area contributed by atoms with Crippen molar-refractivity contribution >= 4 is 44.9 Å². The highest BCUT2D eigenvalue weighted by Gasteiger charge is 2.53. The Morgan fingerprint density at radius 1 is 0.279 bits per heavy atom. The van der Waals surface area contributed by atoms with Gasteiger partial charge in [0.2, 0.25) is 0 Å². The largest absolute Gasteiger partial charge is 0.310 e. The summed E-state index contributed by atoms with van der Waals surface area (Å²) < 4.78 is 0. The molecule has 0 saturated heterocycles. The van der Waals surface area contributed by atoms with E-state index in [2.05, 4.69) is 252 Å². The van der Waals surface area contributed by atoms with E-state index in [0.717, 1.165) is 28.4 Å². The van der Waals surface area contributed by atoms with Crippen LogP contribution in [0, 0.1) is 0 Å². The Kier molecular flexibility index (Phi) is 8.11. The van der Waals surface area contributed by atoms with Gasteiger partial charge < -0.3 is 9.80 Å². The maximum absolute atomic E-state index is 2.48. The summed E-state index contributed by atoms with van der Waals surface area (Å²) in [5, 5.41) is 2.46. The van der Waals surface area contributed by atoms with Crippen molar-refractivity contribution < 1.29 is 0 Å². The van der Waals surface area contributed by atoms with E-state index in [-0.39, 0.29) is 0 Å². The fourth-order valence-electron chi connectivity index (χ4n) is 10.4. The molecule has 10 aromatic carbocycles. The molecule has 0 bridgehead atoms. The Morgan fingerprint density at radius 2 is 0.721 bits per heavy atom. The number of para-hydroxylation sites is 3. The second-order valence-corrected chi connectivity index (χ2v) is 16.0. The minimum atomic E-state index is -0.556. The molecule has 0 N–H and O–H groups in total. The SMILES string of the molecule is c1ccc(-c2ccc(N(c3ccccc3)c3cc4c(c5ccccc35)C3(c5ccccc5-4)c4ccccc4-c4c(N(c5ccccc5)c5ccccc5)cccc43)cc2)cc1. The van der Waals surface area contributed by atoms with Gasteiger partial charge in [0.05, 0.1) is 16.8 Å². The van der Waals surface area contributed by atoms with Gasteiger partial charge in [0.1, 0.15) is 0 Å². The molecule has 1 unspecified atom stereocenters.